The molecule has 7 nitrogen and oxygen atoms in total. The van der Waals surface area contributed by atoms with Gasteiger partial charge in [0.15, 0.2) is 0 Å². The number of carbonyl (C=O) groups excluding carboxylic acids is 4. The van der Waals surface area contributed by atoms with Crippen molar-refractivity contribution in [3.8, 4) is 0 Å². The van der Waals surface area contributed by atoms with Crippen LogP contribution in [0.1, 0.15) is 200 Å². The Bertz CT molecular complexity index is 691. The highest BCUT2D eigenvalue weighted by atomic mass is 16.6. The van der Waals surface area contributed by atoms with Gasteiger partial charge in [0.2, 0.25) is 12.1 Å². The summed E-state index contributed by atoms with van der Waals surface area (Å²) >= 11 is 0. The number of esters is 3. The highest BCUT2D eigenvalue weighted by molar-refractivity contribution is 6.35. The maximum absolute atomic E-state index is 12.0. The maximum atomic E-state index is 12.0. The lowest BCUT2D eigenvalue weighted by atomic mass is 10.0. The van der Waals surface area contributed by atoms with Crippen molar-refractivity contribution in [2.75, 3.05) is 0 Å². The number of Topliss-reactive ketones (excluding diaryl/α,β-unsaturated/α-hetero) is 1. The fourth-order valence-corrected chi connectivity index (χ4v) is 5.28. The fraction of sp³-hybridized carbons (Fsp3) is 0.889. The van der Waals surface area contributed by atoms with Crippen LogP contribution in [0.15, 0.2) is 0 Å². The number of ether oxygens (including phenoxy) is 2. The van der Waals surface area contributed by atoms with E-state index in [-0.39, 0.29) is 12.8 Å². The van der Waals surface area contributed by atoms with Crippen molar-refractivity contribution in [2.45, 2.75) is 206 Å². The molecule has 0 aliphatic rings. The van der Waals surface area contributed by atoms with Gasteiger partial charge in [-0.1, -0.05) is 168 Å². The first-order valence-corrected chi connectivity index (χ1v) is 18.1. The van der Waals surface area contributed by atoms with E-state index in [0.717, 1.165) is 38.5 Å². The molecule has 0 aromatic rings. The molecule has 0 fully saturated rings. The van der Waals surface area contributed by atoms with Gasteiger partial charge in [-0.15, -0.1) is 0 Å². The first kappa shape index (κ1) is 41.2. The molecule has 7 heteroatoms. The molecule has 1 N–H and O–H groups in total. The molecule has 0 saturated heterocycles. The van der Waals surface area contributed by atoms with E-state index in [1.807, 2.05) is 0 Å². The molecule has 0 saturated carbocycles. The van der Waals surface area contributed by atoms with Gasteiger partial charge >= 0.3 is 17.9 Å². The van der Waals surface area contributed by atoms with Gasteiger partial charge in [-0.2, -0.15) is 0 Å². The van der Waals surface area contributed by atoms with Crippen molar-refractivity contribution in [3.05, 3.63) is 0 Å². The maximum Gasteiger partial charge on any atom is 0.382 e. The lowest BCUT2D eigenvalue weighted by Crippen LogP contribution is -2.27. The average molecular weight is 611 g/mol. The summed E-state index contributed by atoms with van der Waals surface area (Å²) in [5, 5.41) is 9.86. The zero-order chi connectivity index (χ0) is 31.8. The van der Waals surface area contributed by atoms with Gasteiger partial charge in [0.05, 0.1) is 6.42 Å². The molecule has 0 aromatic carbocycles. The summed E-state index contributed by atoms with van der Waals surface area (Å²) in [5.74, 6) is -3.74. The first-order valence-electron chi connectivity index (χ1n) is 18.1. The minimum absolute atomic E-state index is 0.0768. The van der Waals surface area contributed by atoms with Gasteiger partial charge in [-0.05, 0) is 12.8 Å². The molecule has 1 atom stereocenters. The molecule has 0 radical (unpaired) electrons. The predicted molar refractivity (Wildman–Crippen MR) is 173 cm³/mol. The molecule has 0 aromatic heterocycles. The number of aliphatic hydroxyl groups is 1. The Kier molecular flexibility index (Phi) is 30.4. The van der Waals surface area contributed by atoms with Crippen molar-refractivity contribution in [1.29, 1.82) is 0 Å². The van der Waals surface area contributed by atoms with E-state index >= 15 is 0 Å². The van der Waals surface area contributed by atoms with Gasteiger partial charge in [-0.25, -0.2) is 4.79 Å². The summed E-state index contributed by atoms with van der Waals surface area (Å²) in [6.07, 6.45) is 28.8. The zero-order valence-electron chi connectivity index (χ0n) is 28.0. The quantitative estimate of drug-likeness (QED) is 0.0265. The second kappa shape index (κ2) is 31.7. The van der Waals surface area contributed by atoms with E-state index in [1.54, 1.807) is 0 Å². The summed E-state index contributed by atoms with van der Waals surface area (Å²) in [6, 6.07) is 0. The average Bonchev–Trinajstić information content (AvgIpc) is 2.97. The third-order valence-corrected chi connectivity index (χ3v) is 8.03. The Morgan fingerprint density at radius 1 is 0.465 bits per heavy atom. The van der Waals surface area contributed by atoms with Gasteiger partial charge in [0.1, 0.15) is 0 Å². The molecular weight excluding hydrogens is 544 g/mol. The Labute approximate surface area is 263 Å². The van der Waals surface area contributed by atoms with Gasteiger partial charge in [0.25, 0.3) is 0 Å². The molecule has 0 bridgehead atoms. The summed E-state index contributed by atoms with van der Waals surface area (Å²) < 4.78 is 9.44. The van der Waals surface area contributed by atoms with Gasteiger partial charge in [0, 0.05) is 12.8 Å². The topological polar surface area (TPSA) is 107 Å². The molecule has 1 unspecified atom stereocenters. The SMILES string of the molecule is CCCCCCCCCCCCCCCC(=O)OC(=O)C(=O)CC(O)OC(=O)CCCCCCCCCCCCCCC. The highest BCUT2D eigenvalue weighted by Gasteiger charge is 2.24. The van der Waals surface area contributed by atoms with Crippen LogP contribution in [-0.4, -0.2) is 35.1 Å². The smallest absolute Gasteiger partial charge is 0.382 e. The van der Waals surface area contributed by atoms with Crippen LogP contribution in [0.3, 0.4) is 0 Å². The highest BCUT2D eigenvalue weighted by Crippen LogP contribution is 2.15. The lowest BCUT2D eigenvalue weighted by Gasteiger charge is -2.11. The summed E-state index contributed by atoms with van der Waals surface area (Å²) in [5.41, 5.74) is 0. The van der Waals surface area contributed by atoms with E-state index in [2.05, 4.69) is 18.6 Å². The number of aliphatic hydroxyl groups excluding tert-OH is 1. The molecule has 0 aliphatic carbocycles. The van der Waals surface area contributed by atoms with Crippen molar-refractivity contribution in [2.24, 2.45) is 0 Å². The molecule has 0 amide bonds. The Hall–Kier alpha value is -1.76. The van der Waals surface area contributed by atoms with Crippen LogP contribution in [0.4, 0.5) is 0 Å². The van der Waals surface area contributed by atoms with Crippen LogP contribution in [0.5, 0.6) is 0 Å². The van der Waals surface area contributed by atoms with Crippen LogP contribution in [0, 0.1) is 0 Å². The first-order chi connectivity index (χ1) is 20.9. The van der Waals surface area contributed by atoms with Gasteiger partial charge in [-0.3, -0.25) is 14.4 Å². The minimum atomic E-state index is -1.72. The van der Waals surface area contributed by atoms with Crippen molar-refractivity contribution < 1.29 is 33.8 Å². The number of carbonyl (C=O) groups is 4. The molecule has 0 spiro atoms. The second-order valence-electron chi connectivity index (χ2n) is 12.3. The Balaban J connectivity index is 3.66. The number of hydrogen-bond acceptors (Lipinski definition) is 7. The molecule has 0 rings (SSSR count). The monoisotopic (exact) mass is 610 g/mol. The zero-order valence-corrected chi connectivity index (χ0v) is 28.0. The van der Waals surface area contributed by atoms with E-state index < -0.39 is 36.4 Å². The van der Waals surface area contributed by atoms with Crippen LogP contribution in [0.2, 0.25) is 0 Å². The molecule has 43 heavy (non-hydrogen) atoms. The normalized spacial score (nSPS) is 11.8. The van der Waals surface area contributed by atoms with E-state index in [0.29, 0.717) is 12.8 Å². The summed E-state index contributed by atoms with van der Waals surface area (Å²) in [4.78, 5) is 47.6. The van der Waals surface area contributed by atoms with Crippen molar-refractivity contribution >= 4 is 23.7 Å². The number of unbranched alkanes of at least 4 members (excludes halogenated alkanes) is 24. The van der Waals surface area contributed by atoms with Crippen LogP contribution in [-0.2, 0) is 28.7 Å². The van der Waals surface area contributed by atoms with Crippen molar-refractivity contribution in [1.82, 2.24) is 0 Å². The summed E-state index contributed by atoms with van der Waals surface area (Å²) in [7, 11) is 0. The molecule has 0 heterocycles. The Morgan fingerprint density at radius 3 is 1.12 bits per heavy atom. The van der Waals surface area contributed by atoms with Crippen LogP contribution in [0.25, 0.3) is 0 Å². The van der Waals surface area contributed by atoms with Crippen molar-refractivity contribution in [3.63, 3.8) is 0 Å². The number of ketones is 1. The van der Waals surface area contributed by atoms with E-state index in [9.17, 15) is 24.3 Å². The van der Waals surface area contributed by atoms with Crippen LogP contribution >= 0.6 is 0 Å². The largest absolute Gasteiger partial charge is 0.435 e. The van der Waals surface area contributed by atoms with E-state index in [1.165, 1.54) is 116 Å². The van der Waals surface area contributed by atoms with E-state index in [4.69, 9.17) is 4.74 Å². The lowest BCUT2D eigenvalue weighted by molar-refractivity contribution is -0.175. The predicted octanol–water partition coefficient (Wildman–Crippen LogP) is 9.84. The Morgan fingerprint density at radius 2 is 0.767 bits per heavy atom. The molecule has 0 aliphatic heterocycles. The molecule has 252 valence electrons. The third-order valence-electron chi connectivity index (χ3n) is 8.03. The summed E-state index contributed by atoms with van der Waals surface area (Å²) in [6.45, 7) is 4.47. The number of hydrogen-bond donors (Lipinski definition) is 1. The standard InChI is InChI=1S/C36H66O7/c1-3-5-7-9-11-13-15-17-19-21-23-25-27-29-33(38)42-35(40)31-32(37)36(41)43-34(39)30-28-26-24-22-20-18-16-14-12-10-8-6-4-2/h35,40H,3-31H2,1-2H3. The third kappa shape index (κ3) is 30.1. The van der Waals surface area contributed by atoms with Crippen LogP contribution < -0.4 is 0 Å². The number of rotatable bonds is 32. The molecular formula is C36H66O7. The van der Waals surface area contributed by atoms with Gasteiger partial charge < -0.3 is 14.6 Å². The second-order valence-corrected chi connectivity index (χ2v) is 12.3. The fourth-order valence-electron chi connectivity index (χ4n) is 5.28. The minimum Gasteiger partial charge on any atom is -0.435 e.